The van der Waals surface area contributed by atoms with Gasteiger partial charge in [-0.05, 0) is 37.5 Å². The summed E-state index contributed by atoms with van der Waals surface area (Å²) in [6, 6.07) is 5.53. The van der Waals surface area contributed by atoms with Crippen LogP contribution in [0.4, 0.5) is 11.4 Å². The van der Waals surface area contributed by atoms with Gasteiger partial charge in [0.25, 0.3) is 5.91 Å². The van der Waals surface area contributed by atoms with Crippen molar-refractivity contribution in [1.82, 2.24) is 5.32 Å². The molecule has 2 amide bonds. The minimum Gasteiger partial charge on any atom is -0.366 e. The molecule has 3 rings (SSSR count). The molecule has 0 bridgehead atoms. The molecule has 1 aliphatic heterocycles. The monoisotopic (exact) mass is 339 g/mol. The van der Waals surface area contributed by atoms with Crippen molar-refractivity contribution in [3.63, 3.8) is 0 Å². The van der Waals surface area contributed by atoms with Gasteiger partial charge in [-0.1, -0.05) is 6.07 Å². The largest absolute Gasteiger partial charge is 0.366 e. The number of benzene rings is 1. The highest BCUT2D eigenvalue weighted by molar-refractivity contribution is 5.97. The van der Waals surface area contributed by atoms with Gasteiger partial charge in [0, 0.05) is 30.4 Å². The zero-order chi connectivity index (χ0) is 15.5. The van der Waals surface area contributed by atoms with Gasteiger partial charge in [-0.3, -0.25) is 9.59 Å². The van der Waals surface area contributed by atoms with Crippen LogP contribution in [0.25, 0.3) is 0 Å². The van der Waals surface area contributed by atoms with Crippen molar-refractivity contribution in [2.24, 2.45) is 5.92 Å². The van der Waals surface area contributed by atoms with Crippen LogP contribution in [-0.4, -0.2) is 37.6 Å². The molecular formula is C16H22ClN3O3. The second kappa shape index (κ2) is 7.77. The summed E-state index contributed by atoms with van der Waals surface area (Å²) in [5.74, 6) is 0.0444. The predicted octanol–water partition coefficient (Wildman–Crippen LogP) is 1.69. The Morgan fingerprint density at radius 3 is 2.65 bits per heavy atom. The van der Waals surface area contributed by atoms with Crippen LogP contribution in [0, 0.1) is 12.8 Å². The number of anilines is 2. The molecule has 3 N–H and O–H groups in total. The van der Waals surface area contributed by atoms with Gasteiger partial charge in [0.05, 0.1) is 6.61 Å². The first-order valence-electron chi connectivity index (χ1n) is 7.68. The van der Waals surface area contributed by atoms with Crippen LogP contribution in [-0.2, 0) is 14.3 Å². The van der Waals surface area contributed by atoms with Crippen molar-refractivity contribution in [3.05, 3.63) is 23.8 Å². The highest BCUT2D eigenvalue weighted by atomic mass is 35.5. The molecule has 23 heavy (non-hydrogen) atoms. The molecule has 1 atom stereocenters. The minimum absolute atomic E-state index is 0. The zero-order valence-corrected chi connectivity index (χ0v) is 13.9. The lowest BCUT2D eigenvalue weighted by molar-refractivity contribution is -0.128. The van der Waals surface area contributed by atoms with Gasteiger partial charge in [-0.2, -0.15) is 0 Å². The fraction of sp³-hybridized carbons (Fsp3) is 0.500. The van der Waals surface area contributed by atoms with Crippen molar-refractivity contribution in [3.8, 4) is 0 Å². The molecule has 126 valence electrons. The summed E-state index contributed by atoms with van der Waals surface area (Å²) in [4.78, 5) is 24.0. The smallest absolute Gasteiger partial charge is 0.254 e. The average Bonchev–Trinajstić information content (AvgIpc) is 3.36. The molecule has 2 fully saturated rings. The number of carbonyl (C=O) groups excluding carboxylic acids is 2. The highest BCUT2D eigenvalue weighted by Gasteiger charge is 2.29. The van der Waals surface area contributed by atoms with Crippen molar-refractivity contribution in [2.75, 3.05) is 30.3 Å². The molecule has 1 aromatic rings. The Labute approximate surface area is 141 Å². The van der Waals surface area contributed by atoms with Crippen LogP contribution in [0.2, 0.25) is 0 Å². The average molecular weight is 340 g/mol. The van der Waals surface area contributed by atoms with Gasteiger partial charge in [-0.25, -0.2) is 0 Å². The Kier molecular flexibility index (Phi) is 5.98. The van der Waals surface area contributed by atoms with E-state index in [4.69, 9.17) is 4.74 Å². The topological polar surface area (TPSA) is 79.5 Å². The van der Waals surface area contributed by atoms with E-state index in [1.165, 1.54) is 0 Å². The van der Waals surface area contributed by atoms with Crippen LogP contribution in [0.5, 0.6) is 0 Å². The van der Waals surface area contributed by atoms with Crippen LogP contribution in [0.1, 0.15) is 18.4 Å². The van der Waals surface area contributed by atoms with Gasteiger partial charge in [0.1, 0.15) is 6.10 Å². The Morgan fingerprint density at radius 1 is 1.22 bits per heavy atom. The number of aryl methyl sites for hydroxylation is 1. The number of carbonyl (C=O) groups is 2. The molecule has 0 radical (unpaired) electrons. The number of amides is 2. The van der Waals surface area contributed by atoms with E-state index in [0.717, 1.165) is 24.9 Å². The quantitative estimate of drug-likeness (QED) is 0.780. The first-order valence-corrected chi connectivity index (χ1v) is 7.68. The van der Waals surface area contributed by atoms with Crippen LogP contribution in [0.3, 0.4) is 0 Å². The highest BCUT2D eigenvalue weighted by Crippen LogP contribution is 2.30. The van der Waals surface area contributed by atoms with Gasteiger partial charge < -0.3 is 20.7 Å². The summed E-state index contributed by atoms with van der Waals surface area (Å²) in [5.41, 5.74) is 2.36. The summed E-state index contributed by atoms with van der Waals surface area (Å²) in [7, 11) is 0. The van der Waals surface area contributed by atoms with Crippen molar-refractivity contribution >= 4 is 35.6 Å². The maximum Gasteiger partial charge on any atom is 0.254 e. The van der Waals surface area contributed by atoms with E-state index in [-0.39, 0.29) is 30.1 Å². The molecule has 1 unspecified atom stereocenters. The van der Waals surface area contributed by atoms with Crippen LogP contribution < -0.4 is 16.0 Å². The number of halogens is 1. The van der Waals surface area contributed by atoms with E-state index >= 15 is 0 Å². The third-order valence-corrected chi connectivity index (χ3v) is 3.93. The number of rotatable bonds is 4. The SMILES string of the molecule is Cc1ccc(NC(=O)C2CC2)cc1NC(=O)C1CNCCO1.Cl. The Bertz CT molecular complexity index is 584. The van der Waals surface area contributed by atoms with Crippen LogP contribution in [0.15, 0.2) is 18.2 Å². The van der Waals surface area contributed by atoms with E-state index < -0.39 is 6.10 Å². The molecule has 0 aromatic heterocycles. The summed E-state index contributed by atoms with van der Waals surface area (Å²) >= 11 is 0. The number of hydrogen-bond acceptors (Lipinski definition) is 4. The molecule has 6 nitrogen and oxygen atoms in total. The molecular weight excluding hydrogens is 318 g/mol. The number of morpholine rings is 1. The van der Waals surface area contributed by atoms with E-state index in [0.29, 0.717) is 24.5 Å². The van der Waals surface area contributed by atoms with Gasteiger partial charge in [0.15, 0.2) is 0 Å². The first kappa shape index (κ1) is 17.7. The summed E-state index contributed by atoms with van der Waals surface area (Å²) in [5, 5.41) is 8.90. The Balaban J connectivity index is 0.00000192. The predicted molar refractivity (Wildman–Crippen MR) is 91.0 cm³/mol. The molecule has 0 spiro atoms. The van der Waals surface area contributed by atoms with Gasteiger partial charge in [0.2, 0.25) is 5.91 Å². The molecule has 1 aromatic carbocycles. The molecule has 1 aliphatic carbocycles. The van der Waals surface area contributed by atoms with E-state index in [1.54, 1.807) is 6.07 Å². The van der Waals surface area contributed by atoms with E-state index in [9.17, 15) is 9.59 Å². The summed E-state index contributed by atoms with van der Waals surface area (Å²) < 4.78 is 5.44. The van der Waals surface area contributed by atoms with Gasteiger partial charge in [-0.15, -0.1) is 12.4 Å². The van der Waals surface area contributed by atoms with Crippen molar-refractivity contribution in [1.29, 1.82) is 0 Å². The Morgan fingerprint density at radius 2 is 2.00 bits per heavy atom. The molecule has 7 heteroatoms. The third-order valence-electron chi connectivity index (χ3n) is 3.93. The number of nitrogens with one attached hydrogen (secondary N) is 3. The third kappa shape index (κ3) is 4.67. The normalized spacial score (nSPS) is 20.3. The lowest BCUT2D eigenvalue weighted by Gasteiger charge is -2.23. The summed E-state index contributed by atoms with van der Waals surface area (Å²) in [6.45, 7) is 3.74. The fourth-order valence-electron chi connectivity index (χ4n) is 2.37. The lowest BCUT2D eigenvalue weighted by atomic mass is 10.1. The molecule has 1 saturated heterocycles. The summed E-state index contributed by atoms with van der Waals surface area (Å²) in [6.07, 6.45) is 1.46. The fourth-order valence-corrected chi connectivity index (χ4v) is 2.37. The maximum atomic E-state index is 12.2. The van der Waals surface area contributed by atoms with E-state index in [2.05, 4.69) is 16.0 Å². The Hall–Kier alpha value is -1.63. The number of ether oxygens (including phenoxy) is 1. The second-order valence-electron chi connectivity index (χ2n) is 5.85. The van der Waals surface area contributed by atoms with Crippen molar-refractivity contribution < 1.29 is 14.3 Å². The number of hydrogen-bond donors (Lipinski definition) is 3. The lowest BCUT2D eigenvalue weighted by Crippen LogP contribution is -2.45. The van der Waals surface area contributed by atoms with Crippen LogP contribution >= 0.6 is 12.4 Å². The minimum atomic E-state index is -0.474. The second-order valence-corrected chi connectivity index (χ2v) is 5.85. The molecule has 1 heterocycles. The standard InChI is InChI=1S/C16H21N3O3.ClH/c1-10-2-5-12(18-15(20)11-3-4-11)8-13(10)19-16(21)14-9-17-6-7-22-14;/h2,5,8,11,14,17H,3-4,6-7,9H2,1H3,(H,18,20)(H,19,21);1H. The molecule has 1 saturated carbocycles. The van der Waals surface area contributed by atoms with Gasteiger partial charge >= 0.3 is 0 Å². The first-order chi connectivity index (χ1) is 10.6. The zero-order valence-electron chi connectivity index (χ0n) is 13.1. The molecule has 2 aliphatic rings. The van der Waals surface area contributed by atoms with E-state index in [1.807, 2.05) is 19.1 Å². The maximum absolute atomic E-state index is 12.2. The van der Waals surface area contributed by atoms with Crippen molar-refractivity contribution in [2.45, 2.75) is 25.9 Å².